The smallest absolute Gasteiger partial charge is 0.159 e. The van der Waals surface area contributed by atoms with Crippen LogP contribution in [-0.4, -0.2) is 26.9 Å². The Morgan fingerprint density at radius 2 is 2.27 bits per heavy atom. The standard InChI is InChI=1S/C10H16N4O/c11-10(3-4-10)2-1-8-12-13-9-7-15-6-5-14(8)9/h1-7,11H2. The van der Waals surface area contributed by atoms with Gasteiger partial charge in [0, 0.05) is 18.5 Å². The van der Waals surface area contributed by atoms with Crippen LogP contribution in [0.5, 0.6) is 0 Å². The minimum Gasteiger partial charge on any atom is -0.372 e. The van der Waals surface area contributed by atoms with Gasteiger partial charge < -0.3 is 15.0 Å². The van der Waals surface area contributed by atoms with Crippen LogP contribution in [0.1, 0.15) is 30.9 Å². The number of nitrogens with zero attached hydrogens (tertiary/aromatic N) is 3. The SMILES string of the molecule is NC1(CCc2nnc3n2CCOC3)CC1. The van der Waals surface area contributed by atoms with Crippen LogP contribution in [0.2, 0.25) is 0 Å². The largest absolute Gasteiger partial charge is 0.372 e. The molecule has 5 heteroatoms. The fraction of sp³-hybridized carbons (Fsp3) is 0.800. The van der Waals surface area contributed by atoms with Gasteiger partial charge in [-0.1, -0.05) is 0 Å². The lowest BCUT2D eigenvalue weighted by Crippen LogP contribution is -2.24. The summed E-state index contributed by atoms with van der Waals surface area (Å²) in [4.78, 5) is 0. The molecule has 0 atom stereocenters. The first kappa shape index (κ1) is 9.30. The van der Waals surface area contributed by atoms with Gasteiger partial charge in [0.05, 0.1) is 6.61 Å². The lowest BCUT2D eigenvalue weighted by atomic mass is 10.1. The minimum atomic E-state index is 0.109. The molecule has 2 N–H and O–H groups in total. The van der Waals surface area contributed by atoms with E-state index in [0.717, 1.165) is 50.5 Å². The zero-order chi connectivity index (χ0) is 10.3. The van der Waals surface area contributed by atoms with Crippen molar-refractivity contribution in [1.29, 1.82) is 0 Å². The van der Waals surface area contributed by atoms with Crippen LogP contribution in [0.3, 0.4) is 0 Å². The fourth-order valence-corrected chi connectivity index (χ4v) is 2.01. The number of fused-ring (bicyclic) bond motifs is 1. The normalized spacial score (nSPS) is 22.5. The summed E-state index contributed by atoms with van der Waals surface area (Å²) in [5, 5.41) is 8.33. The number of aromatic nitrogens is 3. The van der Waals surface area contributed by atoms with Crippen LogP contribution in [-0.2, 0) is 24.3 Å². The van der Waals surface area contributed by atoms with Crippen molar-refractivity contribution in [3.05, 3.63) is 11.6 Å². The molecule has 0 amide bonds. The highest BCUT2D eigenvalue weighted by molar-refractivity contribution is 5.03. The number of hydrogen-bond donors (Lipinski definition) is 1. The maximum atomic E-state index is 6.06. The Hall–Kier alpha value is -0.940. The van der Waals surface area contributed by atoms with Gasteiger partial charge in [0.25, 0.3) is 0 Å². The Kier molecular flexibility index (Phi) is 2.03. The molecule has 2 aliphatic rings. The van der Waals surface area contributed by atoms with E-state index in [1.54, 1.807) is 0 Å². The van der Waals surface area contributed by atoms with E-state index in [0.29, 0.717) is 6.61 Å². The lowest BCUT2D eigenvalue weighted by molar-refractivity contribution is 0.0805. The fourth-order valence-electron chi connectivity index (χ4n) is 2.01. The highest BCUT2D eigenvalue weighted by Gasteiger charge is 2.37. The highest BCUT2D eigenvalue weighted by atomic mass is 16.5. The molecule has 15 heavy (non-hydrogen) atoms. The van der Waals surface area contributed by atoms with Crippen LogP contribution >= 0.6 is 0 Å². The van der Waals surface area contributed by atoms with Gasteiger partial charge in [0.15, 0.2) is 5.82 Å². The summed E-state index contributed by atoms with van der Waals surface area (Å²) in [5.41, 5.74) is 6.17. The van der Waals surface area contributed by atoms with Gasteiger partial charge >= 0.3 is 0 Å². The third kappa shape index (κ3) is 1.77. The van der Waals surface area contributed by atoms with Crippen molar-refractivity contribution in [3.63, 3.8) is 0 Å². The first-order chi connectivity index (χ1) is 7.27. The molecule has 1 aliphatic carbocycles. The molecule has 0 bridgehead atoms. The van der Waals surface area contributed by atoms with Gasteiger partial charge in [0.2, 0.25) is 0 Å². The predicted molar refractivity (Wildman–Crippen MR) is 54.2 cm³/mol. The summed E-state index contributed by atoms with van der Waals surface area (Å²) in [7, 11) is 0. The summed E-state index contributed by atoms with van der Waals surface area (Å²) in [5.74, 6) is 2.03. The van der Waals surface area contributed by atoms with E-state index < -0.39 is 0 Å². The molecule has 1 aliphatic heterocycles. The molecule has 5 nitrogen and oxygen atoms in total. The van der Waals surface area contributed by atoms with Crippen molar-refractivity contribution in [2.45, 2.75) is 44.4 Å². The summed E-state index contributed by atoms with van der Waals surface area (Å²) < 4.78 is 7.49. The number of aryl methyl sites for hydroxylation is 1. The van der Waals surface area contributed by atoms with Crippen molar-refractivity contribution < 1.29 is 4.74 Å². The molecule has 1 aromatic heterocycles. The second-order valence-corrected chi connectivity index (χ2v) is 4.60. The van der Waals surface area contributed by atoms with E-state index >= 15 is 0 Å². The Labute approximate surface area is 88.6 Å². The molecule has 0 aromatic carbocycles. The van der Waals surface area contributed by atoms with Gasteiger partial charge in [-0.3, -0.25) is 0 Å². The van der Waals surface area contributed by atoms with Gasteiger partial charge in [-0.05, 0) is 19.3 Å². The summed E-state index contributed by atoms with van der Waals surface area (Å²) in [6.45, 7) is 2.25. The van der Waals surface area contributed by atoms with Crippen LogP contribution in [0.15, 0.2) is 0 Å². The van der Waals surface area contributed by atoms with Crippen LogP contribution in [0.25, 0.3) is 0 Å². The number of hydrogen-bond acceptors (Lipinski definition) is 4. The van der Waals surface area contributed by atoms with Gasteiger partial charge in [0.1, 0.15) is 12.4 Å². The molecule has 82 valence electrons. The van der Waals surface area contributed by atoms with Gasteiger partial charge in [-0.25, -0.2) is 0 Å². The summed E-state index contributed by atoms with van der Waals surface area (Å²) >= 11 is 0. The monoisotopic (exact) mass is 208 g/mol. The first-order valence-electron chi connectivity index (χ1n) is 5.54. The second kappa shape index (κ2) is 3.28. The molecular formula is C10H16N4O. The number of nitrogens with two attached hydrogens (primary N) is 1. The minimum absolute atomic E-state index is 0.109. The number of rotatable bonds is 3. The third-order valence-electron chi connectivity index (χ3n) is 3.33. The molecule has 0 radical (unpaired) electrons. The van der Waals surface area contributed by atoms with Crippen molar-refractivity contribution >= 4 is 0 Å². The molecule has 0 spiro atoms. The Morgan fingerprint density at radius 3 is 3.07 bits per heavy atom. The summed E-state index contributed by atoms with van der Waals surface area (Å²) in [6, 6.07) is 0. The van der Waals surface area contributed by atoms with Crippen LogP contribution < -0.4 is 5.73 Å². The molecular weight excluding hydrogens is 192 g/mol. The maximum Gasteiger partial charge on any atom is 0.159 e. The van der Waals surface area contributed by atoms with E-state index in [1.165, 1.54) is 0 Å². The van der Waals surface area contributed by atoms with Gasteiger partial charge in [-0.15, -0.1) is 10.2 Å². The van der Waals surface area contributed by atoms with E-state index in [9.17, 15) is 0 Å². The van der Waals surface area contributed by atoms with E-state index in [1.807, 2.05) is 0 Å². The van der Waals surface area contributed by atoms with Crippen LogP contribution in [0.4, 0.5) is 0 Å². The molecule has 1 aromatic rings. The highest BCUT2D eigenvalue weighted by Crippen LogP contribution is 2.36. The Bertz CT molecular complexity index is 369. The Balaban J connectivity index is 1.71. The molecule has 3 rings (SSSR count). The van der Waals surface area contributed by atoms with Crippen molar-refractivity contribution in [2.24, 2.45) is 5.73 Å². The zero-order valence-electron chi connectivity index (χ0n) is 8.78. The quantitative estimate of drug-likeness (QED) is 0.772. The second-order valence-electron chi connectivity index (χ2n) is 4.60. The van der Waals surface area contributed by atoms with Gasteiger partial charge in [-0.2, -0.15) is 0 Å². The topological polar surface area (TPSA) is 66.0 Å². The van der Waals surface area contributed by atoms with Crippen molar-refractivity contribution in [2.75, 3.05) is 6.61 Å². The van der Waals surface area contributed by atoms with Crippen molar-refractivity contribution in [1.82, 2.24) is 14.8 Å². The van der Waals surface area contributed by atoms with E-state index in [4.69, 9.17) is 10.5 Å². The predicted octanol–water partition coefficient (Wildman–Crippen LogP) is 0.232. The van der Waals surface area contributed by atoms with Crippen molar-refractivity contribution in [3.8, 4) is 0 Å². The maximum absolute atomic E-state index is 6.06. The van der Waals surface area contributed by atoms with Crippen LogP contribution in [0, 0.1) is 0 Å². The molecule has 1 fully saturated rings. The van der Waals surface area contributed by atoms with E-state index in [-0.39, 0.29) is 5.54 Å². The average molecular weight is 208 g/mol. The summed E-state index contributed by atoms with van der Waals surface area (Å²) in [6.07, 6.45) is 4.31. The number of ether oxygens (including phenoxy) is 1. The zero-order valence-corrected chi connectivity index (χ0v) is 8.78. The average Bonchev–Trinajstić information content (AvgIpc) is 2.86. The van der Waals surface area contributed by atoms with E-state index in [2.05, 4.69) is 14.8 Å². The molecule has 2 heterocycles. The molecule has 0 saturated heterocycles. The molecule has 1 saturated carbocycles. The Morgan fingerprint density at radius 1 is 1.40 bits per heavy atom. The molecule has 0 unspecified atom stereocenters. The first-order valence-corrected chi connectivity index (χ1v) is 5.54. The third-order valence-corrected chi connectivity index (χ3v) is 3.33. The lowest BCUT2D eigenvalue weighted by Gasteiger charge is -2.16.